The minimum absolute atomic E-state index is 0.0924. The zero-order chi connectivity index (χ0) is 20.4. The number of amides is 2. The lowest BCUT2D eigenvalue weighted by molar-refractivity contribution is 0.251. The van der Waals surface area contributed by atoms with Crippen molar-refractivity contribution in [2.75, 3.05) is 18.4 Å². The van der Waals surface area contributed by atoms with E-state index >= 15 is 0 Å². The predicted molar refractivity (Wildman–Crippen MR) is 114 cm³/mol. The normalized spacial score (nSPS) is 14.9. The van der Waals surface area contributed by atoms with Crippen LogP contribution in [0.4, 0.5) is 10.6 Å². The third-order valence-electron chi connectivity index (χ3n) is 4.82. The lowest BCUT2D eigenvalue weighted by Crippen LogP contribution is -2.31. The summed E-state index contributed by atoms with van der Waals surface area (Å²) in [6.07, 6.45) is 4.96. The van der Waals surface area contributed by atoms with Gasteiger partial charge in [-0.2, -0.15) is 4.31 Å². The molecule has 4 rings (SSSR count). The van der Waals surface area contributed by atoms with E-state index < -0.39 is 16.1 Å². The predicted octanol–water partition coefficient (Wildman–Crippen LogP) is 3.43. The molecule has 3 aromatic rings. The van der Waals surface area contributed by atoms with Crippen LogP contribution >= 0.6 is 15.9 Å². The SMILES string of the molecule is O=C(NCc1ccncc1)Nc1[nH]c2ccc(Br)cc2c1S(=O)(=O)N1CCCC1. The molecule has 1 saturated heterocycles. The molecule has 0 aliphatic carbocycles. The number of fused-ring (bicyclic) bond motifs is 1. The number of pyridine rings is 1. The zero-order valence-corrected chi connectivity index (χ0v) is 17.9. The van der Waals surface area contributed by atoms with Crippen LogP contribution in [0.1, 0.15) is 18.4 Å². The molecular weight excluding hydrogens is 458 g/mol. The molecule has 0 atom stereocenters. The molecule has 2 amide bonds. The molecule has 0 bridgehead atoms. The first-order valence-electron chi connectivity index (χ1n) is 9.20. The number of benzene rings is 1. The lowest BCUT2D eigenvalue weighted by Gasteiger charge is -2.16. The summed E-state index contributed by atoms with van der Waals surface area (Å²) in [5.74, 6) is 0.164. The van der Waals surface area contributed by atoms with E-state index in [1.165, 1.54) is 4.31 Å². The van der Waals surface area contributed by atoms with Gasteiger partial charge in [0.2, 0.25) is 10.0 Å². The van der Waals surface area contributed by atoms with Crippen molar-refractivity contribution in [3.8, 4) is 0 Å². The number of rotatable bonds is 5. The summed E-state index contributed by atoms with van der Waals surface area (Å²) >= 11 is 3.40. The number of nitrogens with zero attached hydrogens (tertiary/aromatic N) is 2. The van der Waals surface area contributed by atoms with Crippen LogP contribution in [0.5, 0.6) is 0 Å². The smallest absolute Gasteiger partial charge is 0.320 e. The van der Waals surface area contributed by atoms with Crippen molar-refractivity contribution in [3.63, 3.8) is 0 Å². The minimum Gasteiger partial charge on any atom is -0.340 e. The molecule has 0 saturated carbocycles. The number of halogens is 1. The van der Waals surface area contributed by atoms with Crippen molar-refractivity contribution in [2.24, 2.45) is 0 Å². The van der Waals surface area contributed by atoms with Crippen molar-refractivity contribution in [2.45, 2.75) is 24.3 Å². The molecule has 2 aromatic heterocycles. The molecule has 0 spiro atoms. The van der Waals surface area contributed by atoms with Crippen molar-refractivity contribution in [1.82, 2.24) is 19.6 Å². The van der Waals surface area contributed by atoms with E-state index in [4.69, 9.17) is 0 Å². The Morgan fingerprint density at radius 2 is 1.90 bits per heavy atom. The highest BCUT2D eigenvalue weighted by Crippen LogP contribution is 2.35. The molecular formula is C19H20BrN5O3S. The molecule has 1 aliphatic heterocycles. The van der Waals surface area contributed by atoms with Crippen LogP contribution in [0.25, 0.3) is 10.9 Å². The summed E-state index contributed by atoms with van der Waals surface area (Å²) in [6, 6.07) is 8.44. The molecule has 1 fully saturated rings. The van der Waals surface area contributed by atoms with Gasteiger partial charge in [0.25, 0.3) is 0 Å². The molecule has 8 nitrogen and oxygen atoms in total. The average molecular weight is 478 g/mol. The first kappa shape index (κ1) is 19.9. The van der Waals surface area contributed by atoms with Crippen LogP contribution in [0, 0.1) is 0 Å². The third kappa shape index (κ3) is 4.14. The van der Waals surface area contributed by atoms with Gasteiger partial charge in [-0.3, -0.25) is 10.3 Å². The minimum atomic E-state index is -3.75. The van der Waals surface area contributed by atoms with Crippen molar-refractivity contribution in [1.29, 1.82) is 0 Å². The van der Waals surface area contributed by atoms with Gasteiger partial charge in [-0.1, -0.05) is 15.9 Å². The number of carbonyl (C=O) groups excluding carboxylic acids is 1. The van der Waals surface area contributed by atoms with E-state index in [2.05, 4.69) is 36.5 Å². The largest absolute Gasteiger partial charge is 0.340 e. The number of aromatic nitrogens is 2. The number of H-pyrrole nitrogens is 1. The maximum Gasteiger partial charge on any atom is 0.320 e. The number of carbonyl (C=O) groups is 1. The fraction of sp³-hybridized carbons (Fsp3) is 0.263. The first-order valence-corrected chi connectivity index (χ1v) is 11.4. The van der Waals surface area contributed by atoms with Crippen LogP contribution in [-0.4, -0.2) is 41.8 Å². The van der Waals surface area contributed by atoms with E-state index in [0.717, 1.165) is 22.9 Å². The molecule has 29 heavy (non-hydrogen) atoms. The molecule has 3 heterocycles. The molecule has 1 aromatic carbocycles. The van der Waals surface area contributed by atoms with Gasteiger partial charge in [0.1, 0.15) is 10.7 Å². The molecule has 3 N–H and O–H groups in total. The first-order chi connectivity index (χ1) is 13.9. The average Bonchev–Trinajstić information content (AvgIpc) is 3.35. The highest BCUT2D eigenvalue weighted by atomic mass is 79.9. The standard InChI is InChI=1S/C19H20BrN5O3S/c20-14-3-4-16-15(11-14)17(29(27,28)25-9-1-2-10-25)18(23-16)24-19(26)22-12-13-5-7-21-8-6-13/h3-8,11,23H,1-2,9-10,12H2,(H2,22,24,26). The molecule has 152 valence electrons. The lowest BCUT2D eigenvalue weighted by atomic mass is 10.2. The van der Waals surface area contributed by atoms with E-state index in [1.54, 1.807) is 36.7 Å². The van der Waals surface area contributed by atoms with Gasteiger partial charge in [0.05, 0.1) is 0 Å². The Balaban J connectivity index is 1.65. The molecule has 10 heteroatoms. The summed E-state index contributed by atoms with van der Waals surface area (Å²) < 4.78 is 28.9. The van der Waals surface area contributed by atoms with Gasteiger partial charge in [-0.05, 0) is 48.7 Å². The second-order valence-corrected chi connectivity index (χ2v) is 9.58. The summed E-state index contributed by atoms with van der Waals surface area (Å²) in [4.78, 5) is 19.5. The van der Waals surface area contributed by atoms with Crippen LogP contribution in [0.2, 0.25) is 0 Å². The number of hydrogen-bond acceptors (Lipinski definition) is 4. The number of aromatic amines is 1. The Bertz CT molecular complexity index is 1140. The summed E-state index contributed by atoms with van der Waals surface area (Å²) in [5, 5.41) is 5.95. The Kier molecular flexibility index (Phi) is 5.57. The number of sulfonamides is 1. The van der Waals surface area contributed by atoms with Gasteiger partial charge in [0.15, 0.2) is 0 Å². The van der Waals surface area contributed by atoms with Gasteiger partial charge < -0.3 is 10.3 Å². The number of urea groups is 1. The Labute approximate surface area is 176 Å². The third-order valence-corrected chi connectivity index (χ3v) is 7.30. The van der Waals surface area contributed by atoms with E-state index in [0.29, 0.717) is 30.5 Å². The van der Waals surface area contributed by atoms with Crippen LogP contribution in [-0.2, 0) is 16.6 Å². The van der Waals surface area contributed by atoms with Gasteiger partial charge >= 0.3 is 6.03 Å². The number of hydrogen-bond donors (Lipinski definition) is 3. The molecule has 0 unspecified atom stereocenters. The monoisotopic (exact) mass is 477 g/mol. The number of anilines is 1. The van der Waals surface area contributed by atoms with Crippen LogP contribution in [0.15, 0.2) is 52.1 Å². The summed E-state index contributed by atoms with van der Waals surface area (Å²) in [7, 11) is -3.75. The van der Waals surface area contributed by atoms with Gasteiger partial charge in [0, 0.05) is 47.4 Å². The summed E-state index contributed by atoms with van der Waals surface area (Å²) in [6.45, 7) is 1.27. The van der Waals surface area contributed by atoms with E-state index in [1.807, 2.05) is 6.07 Å². The Morgan fingerprint density at radius 1 is 1.17 bits per heavy atom. The van der Waals surface area contributed by atoms with Crippen LogP contribution in [0.3, 0.4) is 0 Å². The number of nitrogens with one attached hydrogen (secondary N) is 3. The van der Waals surface area contributed by atoms with Crippen molar-refractivity contribution >= 4 is 48.7 Å². The molecule has 0 radical (unpaired) electrons. The second-order valence-electron chi connectivity index (χ2n) is 6.79. The van der Waals surface area contributed by atoms with E-state index in [9.17, 15) is 13.2 Å². The zero-order valence-electron chi connectivity index (χ0n) is 15.5. The Morgan fingerprint density at radius 3 is 2.62 bits per heavy atom. The highest BCUT2D eigenvalue weighted by Gasteiger charge is 2.33. The fourth-order valence-electron chi connectivity index (χ4n) is 3.39. The molecule has 1 aliphatic rings. The van der Waals surface area contributed by atoms with Crippen LogP contribution < -0.4 is 10.6 Å². The van der Waals surface area contributed by atoms with Crippen molar-refractivity contribution in [3.05, 3.63) is 52.8 Å². The quantitative estimate of drug-likeness (QED) is 0.522. The Hall–Kier alpha value is -2.43. The second kappa shape index (κ2) is 8.13. The maximum atomic E-state index is 13.3. The van der Waals surface area contributed by atoms with Gasteiger partial charge in [-0.15, -0.1) is 0 Å². The topological polar surface area (TPSA) is 107 Å². The maximum absolute atomic E-state index is 13.3. The fourth-order valence-corrected chi connectivity index (χ4v) is 5.56. The van der Waals surface area contributed by atoms with Gasteiger partial charge in [-0.25, -0.2) is 13.2 Å². The van der Waals surface area contributed by atoms with Crippen molar-refractivity contribution < 1.29 is 13.2 Å². The highest BCUT2D eigenvalue weighted by molar-refractivity contribution is 9.10. The summed E-state index contributed by atoms with van der Waals surface area (Å²) in [5.41, 5.74) is 1.52. The van der Waals surface area contributed by atoms with E-state index in [-0.39, 0.29) is 10.7 Å².